The lowest BCUT2D eigenvalue weighted by Crippen LogP contribution is -1.99. The van der Waals surface area contributed by atoms with Crippen LogP contribution in [0, 0.1) is 0 Å². The highest BCUT2D eigenvalue weighted by atomic mass is 15.3. The highest BCUT2D eigenvalue weighted by Crippen LogP contribution is 2.26. The normalized spacial score (nSPS) is 11.3. The molecule has 0 unspecified atom stereocenters. The maximum Gasteiger partial charge on any atom is 0.0862 e. The largest absolute Gasteiger partial charge is 0.233 e. The summed E-state index contributed by atoms with van der Waals surface area (Å²) in [4.78, 5) is 0. The summed E-state index contributed by atoms with van der Waals surface area (Å²) in [5.41, 5.74) is 8.33. The molecule has 0 atom stereocenters. The Bertz CT molecular complexity index is 1150. The molecule has 0 N–H and O–H groups in total. The van der Waals surface area contributed by atoms with Gasteiger partial charge in [0.15, 0.2) is 0 Å². The molecular formula is C31H34N2. The molecule has 0 amide bonds. The van der Waals surface area contributed by atoms with Gasteiger partial charge in [-0.3, -0.25) is 0 Å². The second-order valence-corrected chi connectivity index (χ2v) is 8.68. The summed E-state index contributed by atoms with van der Waals surface area (Å²) in [6.45, 7) is 4.48. The summed E-state index contributed by atoms with van der Waals surface area (Å²) < 4.78 is 2.05. The fourth-order valence-electron chi connectivity index (χ4n) is 4.03. The number of hydrogen-bond acceptors (Lipinski definition) is 1. The minimum Gasteiger partial charge on any atom is -0.233 e. The quantitative estimate of drug-likeness (QED) is 0.245. The topological polar surface area (TPSA) is 17.8 Å². The molecule has 0 bridgehead atoms. The molecule has 2 heteroatoms. The molecule has 0 fully saturated rings. The summed E-state index contributed by atoms with van der Waals surface area (Å²) in [7, 11) is 0. The van der Waals surface area contributed by atoms with Crippen LogP contribution < -0.4 is 0 Å². The van der Waals surface area contributed by atoms with Gasteiger partial charge >= 0.3 is 0 Å². The SMILES string of the molecule is CCCCc1ccc(C=Cc2cc(-c3ccc(CCCC)cc3)n(-c3ccccc3)n2)cc1. The molecule has 0 aliphatic rings. The molecule has 4 aromatic rings. The Morgan fingerprint density at radius 3 is 1.91 bits per heavy atom. The van der Waals surface area contributed by atoms with Crippen LogP contribution in [0.3, 0.4) is 0 Å². The smallest absolute Gasteiger partial charge is 0.0862 e. The number of benzene rings is 3. The second-order valence-electron chi connectivity index (χ2n) is 8.68. The second kappa shape index (κ2) is 11.5. The summed E-state index contributed by atoms with van der Waals surface area (Å²) in [6, 6.07) is 30.4. The van der Waals surface area contributed by atoms with Crippen LogP contribution in [0.4, 0.5) is 0 Å². The van der Waals surface area contributed by atoms with Crippen molar-refractivity contribution in [3.05, 3.63) is 107 Å². The van der Waals surface area contributed by atoms with E-state index in [0.717, 1.165) is 29.9 Å². The third-order valence-electron chi connectivity index (χ3n) is 6.04. The van der Waals surface area contributed by atoms with Gasteiger partial charge in [-0.1, -0.05) is 99.5 Å². The highest BCUT2D eigenvalue weighted by Gasteiger charge is 2.11. The summed E-state index contributed by atoms with van der Waals surface area (Å²) >= 11 is 0. The Balaban J connectivity index is 1.60. The number of nitrogens with zero attached hydrogens (tertiary/aromatic N) is 2. The zero-order valence-electron chi connectivity index (χ0n) is 19.9. The lowest BCUT2D eigenvalue weighted by Gasteiger charge is -2.08. The van der Waals surface area contributed by atoms with Crippen molar-refractivity contribution in [1.29, 1.82) is 0 Å². The molecule has 1 aromatic heterocycles. The molecule has 33 heavy (non-hydrogen) atoms. The van der Waals surface area contributed by atoms with Crippen LogP contribution in [0.5, 0.6) is 0 Å². The molecule has 2 nitrogen and oxygen atoms in total. The molecule has 1 heterocycles. The minimum atomic E-state index is 0.957. The van der Waals surface area contributed by atoms with Crippen molar-refractivity contribution < 1.29 is 0 Å². The van der Waals surface area contributed by atoms with Crippen molar-refractivity contribution in [3.63, 3.8) is 0 Å². The van der Waals surface area contributed by atoms with Crippen molar-refractivity contribution in [2.45, 2.75) is 52.4 Å². The third kappa shape index (κ3) is 6.10. The van der Waals surface area contributed by atoms with E-state index in [1.165, 1.54) is 47.9 Å². The first kappa shape index (κ1) is 22.8. The maximum absolute atomic E-state index is 4.93. The van der Waals surface area contributed by atoms with E-state index >= 15 is 0 Å². The van der Waals surface area contributed by atoms with Gasteiger partial charge in [-0.2, -0.15) is 5.10 Å². The monoisotopic (exact) mass is 434 g/mol. The fourth-order valence-corrected chi connectivity index (χ4v) is 4.03. The Labute approximate surface area is 198 Å². The number of hydrogen-bond donors (Lipinski definition) is 0. The molecule has 0 aliphatic heterocycles. The number of unbranched alkanes of at least 4 members (excludes halogenated alkanes) is 2. The Morgan fingerprint density at radius 1 is 0.697 bits per heavy atom. The van der Waals surface area contributed by atoms with Gasteiger partial charge in [0.1, 0.15) is 0 Å². The molecule has 0 saturated carbocycles. The van der Waals surface area contributed by atoms with Crippen LogP contribution in [0.1, 0.15) is 61.9 Å². The Morgan fingerprint density at radius 2 is 1.30 bits per heavy atom. The first-order valence-corrected chi connectivity index (χ1v) is 12.3. The first-order valence-electron chi connectivity index (χ1n) is 12.3. The predicted octanol–water partition coefficient (Wildman–Crippen LogP) is 8.39. The maximum atomic E-state index is 4.93. The van der Waals surface area contributed by atoms with Crippen LogP contribution in [0.2, 0.25) is 0 Å². The zero-order chi connectivity index (χ0) is 22.9. The van der Waals surface area contributed by atoms with Crippen LogP contribution in [-0.2, 0) is 12.8 Å². The lowest BCUT2D eigenvalue weighted by molar-refractivity contribution is 0.795. The highest BCUT2D eigenvalue weighted by molar-refractivity contribution is 5.72. The van der Waals surface area contributed by atoms with Gasteiger partial charge in [0, 0.05) is 5.56 Å². The average Bonchev–Trinajstić information content (AvgIpc) is 3.31. The number of rotatable bonds is 10. The van der Waals surface area contributed by atoms with Crippen molar-refractivity contribution >= 4 is 12.2 Å². The van der Waals surface area contributed by atoms with Crippen molar-refractivity contribution in [2.24, 2.45) is 0 Å². The average molecular weight is 435 g/mol. The lowest BCUT2D eigenvalue weighted by atomic mass is 10.0. The van der Waals surface area contributed by atoms with Gasteiger partial charge in [-0.25, -0.2) is 4.68 Å². The standard InChI is InChI=1S/C31H34N2/c1-3-5-10-25-14-16-27(17-15-25)20-23-29-24-31(33(32-29)30-12-8-7-9-13-30)28-21-18-26(19-22-28)11-6-4-2/h7-9,12-24H,3-6,10-11H2,1-2H3. The van der Waals surface area contributed by atoms with Gasteiger partial charge in [-0.05, 0) is 66.6 Å². The molecular weight excluding hydrogens is 400 g/mol. The van der Waals surface area contributed by atoms with Gasteiger partial charge in [0.2, 0.25) is 0 Å². The van der Waals surface area contributed by atoms with Crippen LogP contribution >= 0.6 is 0 Å². The van der Waals surface area contributed by atoms with Crippen LogP contribution in [-0.4, -0.2) is 9.78 Å². The van der Waals surface area contributed by atoms with E-state index in [2.05, 4.69) is 110 Å². The Hall–Kier alpha value is -3.39. The Kier molecular flexibility index (Phi) is 7.92. The molecule has 0 radical (unpaired) electrons. The molecule has 0 aliphatic carbocycles. The van der Waals surface area contributed by atoms with Crippen molar-refractivity contribution in [3.8, 4) is 16.9 Å². The van der Waals surface area contributed by atoms with Crippen molar-refractivity contribution in [1.82, 2.24) is 9.78 Å². The number of aromatic nitrogens is 2. The minimum absolute atomic E-state index is 0.957. The van der Waals surface area contributed by atoms with Gasteiger partial charge in [0.25, 0.3) is 0 Å². The summed E-state index contributed by atoms with van der Waals surface area (Å²) in [5, 5.41) is 4.93. The molecule has 0 saturated heterocycles. The van der Waals surface area contributed by atoms with E-state index < -0.39 is 0 Å². The van der Waals surface area contributed by atoms with E-state index in [1.807, 2.05) is 6.07 Å². The molecule has 3 aromatic carbocycles. The summed E-state index contributed by atoms with van der Waals surface area (Å²) in [6.07, 6.45) is 11.5. The molecule has 168 valence electrons. The molecule has 4 rings (SSSR count). The van der Waals surface area contributed by atoms with E-state index in [-0.39, 0.29) is 0 Å². The van der Waals surface area contributed by atoms with E-state index in [4.69, 9.17) is 5.10 Å². The van der Waals surface area contributed by atoms with Gasteiger partial charge in [-0.15, -0.1) is 0 Å². The third-order valence-corrected chi connectivity index (χ3v) is 6.04. The van der Waals surface area contributed by atoms with E-state index in [1.54, 1.807) is 0 Å². The summed E-state index contributed by atoms with van der Waals surface area (Å²) in [5.74, 6) is 0. The van der Waals surface area contributed by atoms with E-state index in [0.29, 0.717) is 0 Å². The number of aryl methyl sites for hydroxylation is 2. The van der Waals surface area contributed by atoms with E-state index in [9.17, 15) is 0 Å². The van der Waals surface area contributed by atoms with Gasteiger partial charge < -0.3 is 0 Å². The van der Waals surface area contributed by atoms with Crippen molar-refractivity contribution in [2.75, 3.05) is 0 Å². The first-order chi connectivity index (χ1) is 16.3. The number of para-hydroxylation sites is 1. The fraction of sp³-hybridized carbons (Fsp3) is 0.258. The predicted molar refractivity (Wildman–Crippen MR) is 142 cm³/mol. The zero-order valence-corrected chi connectivity index (χ0v) is 19.9. The van der Waals surface area contributed by atoms with Gasteiger partial charge in [0.05, 0.1) is 17.1 Å². The van der Waals surface area contributed by atoms with Crippen LogP contribution in [0.15, 0.2) is 84.9 Å². The molecule has 0 spiro atoms. The van der Waals surface area contributed by atoms with Crippen LogP contribution in [0.25, 0.3) is 29.1 Å².